The number of hydrogen-bond donors (Lipinski definition) is 0. The highest BCUT2D eigenvalue weighted by Crippen LogP contribution is 2.27. The van der Waals surface area contributed by atoms with Gasteiger partial charge in [-0.1, -0.05) is 24.3 Å². The molecule has 0 atom stereocenters. The molecule has 0 aliphatic carbocycles. The first-order chi connectivity index (χ1) is 14.7. The molecule has 0 N–H and O–H groups in total. The van der Waals surface area contributed by atoms with Gasteiger partial charge in [-0.3, -0.25) is 4.90 Å². The van der Waals surface area contributed by atoms with Gasteiger partial charge in [-0.25, -0.2) is 9.50 Å². The molecule has 1 aliphatic rings. The predicted octanol–water partition coefficient (Wildman–Crippen LogP) is 3.77. The summed E-state index contributed by atoms with van der Waals surface area (Å²) in [6, 6.07) is 20.6. The quantitative estimate of drug-likeness (QED) is 0.527. The topological polar surface area (TPSA) is 60.5 Å². The summed E-state index contributed by atoms with van der Waals surface area (Å²) in [5.74, 6) is 1.05. The molecule has 5 rings (SSSR count). The third-order valence-electron chi connectivity index (χ3n) is 5.78. The van der Waals surface area contributed by atoms with Crippen LogP contribution >= 0.6 is 0 Å². The number of aromatic nitrogens is 3. The molecule has 3 heterocycles. The molecule has 0 unspecified atom stereocenters. The Labute approximate surface area is 176 Å². The van der Waals surface area contributed by atoms with Crippen LogP contribution in [0.4, 0.5) is 5.82 Å². The zero-order valence-corrected chi connectivity index (χ0v) is 17.1. The molecular weight excluding hydrogens is 372 g/mol. The van der Waals surface area contributed by atoms with Gasteiger partial charge in [-0.2, -0.15) is 10.4 Å². The van der Waals surface area contributed by atoms with E-state index < -0.39 is 0 Å². The Bertz CT molecular complexity index is 1230. The number of anilines is 1. The molecular formula is C24H24N6. The summed E-state index contributed by atoms with van der Waals surface area (Å²) in [5.41, 5.74) is 4.95. The SMILES string of the molecule is Cc1cc2nc(N3CCCN(Cc4ccc(C#N)cc4)CC3)c3ccccc3n2n1. The van der Waals surface area contributed by atoms with Crippen molar-refractivity contribution in [2.75, 3.05) is 31.1 Å². The van der Waals surface area contributed by atoms with Gasteiger partial charge in [0.2, 0.25) is 0 Å². The summed E-state index contributed by atoms with van der Waals surface area (Å²) in [5, 5.41) is 14.8. The van der Waals surface area contributed by atoms with Crippen LogP contribution in [-0.2, 0) is 6.54 Å². The van der Waals surface area contributed by atoms with Gasteiger partial charge in [0.05, 0.1) is 22.8 Å². The van der Waals surface area contributed by atoms with E-state index in [1.807, 2.05) is 29.6 Å². The first-order valence-electron chi connectivity index (χ1n) is 10.4. The first kappa shape index (κ1) is 18.6. The number of nitriles is 1. The molecule has 6 heteroatoms. The third kappa shape index (κ3) is 3.49. The molecule has 6 nitrogen and oxygen atoms in total. The van der Waals surface area contributed by atoms with E-state index in [9.17, 15) is 0 Å². The Balaban J connectivity index is 1.40. The van der Waals surface area contributed by atoms with Crippen molar-refractivity contribution < 1.29 is 0 Å². The second kappa shape index (κ2) is 7.77. The lowest BCUT2D eigenvalue weighted by atomic mass is 10.1. The second-order valence-electron chi connectivity index (χ2n) is 7.93. The predicted molar refractivity (Wildman–Crippen MR) is 118 cm³/mol. The fourth-order valence-electron chi connectivity index (χ4n) is 4.28. The van der Waals surface area contributed by atoms with Crippen LogP contribution in [0.3, 0.4) is 0 Å². The van der Waals surface area contributed by atoms with Crippen molar-refractivity contribution in [3.8, 4) is 6.07 Å². The van der Waals surface area contributed by atoms with E-state index in [1.54, 1.807) is 0 Å². The van der Waals surface area contributed by atoms with Gasteiger partial charge in [-0.05, 0) is 43.2 Å². The van der Waals surface area contributed by atoms with E-state index >= 15 is 0 Å². The molecule has 2 aromatic carbocycles. The average molecular weight is 396 g/mol. The standard InChI is InChI=1S/C24H24N6/c1-18-15-23-26-24(21-5-2-3-6-22(21)30(23)27-18)29-12-4-11-28(13-14-29)17-20-9-7-19(16-25)8-10-20/h2-3,5-10,15H,4,11-14,17H2,1H3. The summed E-state index contributed by atoms with van der Waals surface area (Å²) in [6.07, 6.45) is 1.09. The maximum Gasteiger partial charge on any atom is 0.158 e. The summed E-state index contributed by atoms with van der Waals surface area (Å²) < 4.78 is 1.95. The summed E-state index contributed by atoms with van der Waals surface area (Å²) in [4.78, 5) is 9.91. The maximum atomic E-state index is 8.99. The van der Waals surface area contributed by atoms with E-state index in [0.717, 1.165) is 67.2 Å². The fraction of sp³-hybridized carbons (Fsp3) is 0.292. The molecule has 0 radical (unpaired) electrons. The normalized spacial score (nSPS) is 15.4. The van der Waals surface area contributed by atoms with E-state index in [1.165, 1.54) is 5.56 Å². The second-order valence-corrected chi connectivity index (χ2v) is 7.93. The van der Waals surface area contributed by atoms with Crippen molar-refractivity contribution in [1.29, 1.82) is 5.26 Å². The molecule has 2 aromatic heterocycles. The van der Waals surface area contributed by atoms with Gasteiger partial charge >= 0.3 is 0 Å². The molecule has 0 spiro atoms. The number of nitrogens with zero attached hydrogens (tertiary/aromatic N) is 6. The van der Waals surface area contributed by atoms with Gasteiger partial charge in [0.1, 0.15) is 5.82 Å². The number of benzene rings is 2. The van der Waals surface area contributed by atoms with Crippen molar-refractivity contribution in [1.82, 2.24) is 19.5 Å². The van der Waals surface area contributed by atoms with E-state index in [-0.39, 0.29) is 0 Å². The molecule has 0 amide bonds. The maximum absolute atomic E-state index is 8.99. The molecule has 150 valence electrons. The minimum Gasteiger partial charge on any atom is -0.355 e. The molecule has 1 fully saturated rings. The number of fused-ring (bicyclic) bond motifs is 3. The molecule has 0 bridgehead atoms. The van der Waals surface area contributed by atoms with Crippen molar-refractivity contribution in [2.45, 2.75) is 19.9 Å². The Morgan fingerprint density at radius 3 is 2.67 bits per heavy atom. The minimum absolute atomic E-state index is 0.712. The van der Waals surface area contributed by atoms with Gasteiger partial charge in [0.25, 0.3) is 0 Å². The highest BCUT2D eigenvalue weighted by molar-refractivity contribution is 5.91. The van der Waals surface area contributed by atoms with Crippen LogP contribution < -0.4 is 4.90 Å². The Hall–Kier alpha value is -3.43. The number of para-hydroxylation sites is 1. The van der Waals surface area contributed by atoms with Gasteiger partial charge in [0.15, 0.2) is 5.65 Å². The van der Waals surface area contributed by atoms with Gasteiger partial charge in [0, 0.05) is 44.2 Å². The molecule has 0 saturated carbocycles. The van der Waals surface area contributed by atoms with Gasteiger partial charge in [-0.15, -0.1) is 0 Å². The molecule has 1 saturated heterocycles. The average Bonchev–Trinajstić information content (AvgIpc) is 3.00. The zero-order valence-electron chi connectivity index (χ0n) is 17.1. The lowest BCUT2D eigenvalue weighted by Crippen LogP contribution is -2.31. The van der Waals surface area contributed by atoms with Crippen LogP contribution in [0.5, 0.6) is 0 Å². The number of hydrogen-bond acceptors (Lipinski definition) is 5. The van der Waals surface area contributed by atoms with Crippen LogP contribution in [-0.4, -0.2) is 45.7 Å². The minimum atomic E-state index is 0.712. The fourth-order valence-corrected chi connectivity index (χ4v) is 4.28. The summed E-state index contributed by atoms with van der Waals surface area (Å²) in [7, 11) is 0. The Kier molecular flexibility index (Phi) is 4.82. The van der Waals surface area contributed by atoms with Gasteiger partial charge < -0.3 is 4.90 Å². The van der Waals surface area contributed by atoms with Crippen LogP contribution in [0.1, 0.15) is 23.2 Å². The molecule has 30 heavy (non-hydrogen) atoms. The lowest BCUT2D eigenvalue weighted by Gasteiger charge is -2.24. The van der Waals surface area contributed by atoms with Crippen molar-refractivity contribution in [2.24, 2.45) is 0 Å². The zero-order chi connectivity index (χ0) is 20.5. The van der Waals surface area contributed by atoms with Crippen LogP contribution in [0.2, 0.25) is 0 Å². The van der Waals surface area contributed by atoms with E-state index in [0.29, 0.717) is 5.56 Å². The molecule has 1 aliphatic heterocycles. The largest absolute Gasteiger partial charge is 0.355 e. The third-order valence-corrected chi connectivity index (χ3v) is 5.78. The van der Waals surface area contributed by atoms with E-state index in [4.69, 9.17) is 10.2 Å². The van der Waals surface area contributed by atoms with Crippen LogP contribution in [0.25, 0.3) is 16.6 Å². The van der Waals surface area contributed by atoms with Crippen molar-refractivity contribution in [3.05, 3.63) is 71.4 Å². The summed E-state index contributed by atoms with van der Waals surface area (Å²) >= 11 is 0. The molecule has 4 aromatic rings. The van der Waals surface area contributed by atoms with Crippen molar-refractivity contribution in [3.63, 3.8) is 0 Å². The first-order valence-corrected chi connectivity index (χ1v) is 10.4. The monoisotopic (exact) mass is 396 g/mol. The highest BCUT2D eigenvalue weighted by atomic mass is 15.3. The Morgan fingerprint density at radius 2 is 1.83 bits per heavy atom. The van der Waals surface area contributed by atoms with Crippen molar-refractivity contribution >= 4 is 22.4 Å². The van der Waals surface area contributed by atoms with Crippen LogP contribution in [0.15, 0.2) is 54.6 Å². The Morgan fingerprint density at radius 1 is 1.00 bits per heavy atom. The number of aryl methyl sites for hydroxylation is 1. The lowest BCUT2D eigenvalue weighted by molar-refractivity contribution is 0.285. The van der Waals surface area contributed by atoms with Crippen LogP contribution in [0, 0.1) is 18.3 Å². The summed E-state index contributed by atoms with van der Waals surface area (Å²) in [6.45, 7) is 6.90. The number of rotatable bonds is 3. The van der Waals surface area contributed by atoms with E-state index in [2.05, 4.69) is 57.4 Å². The highest BCUT2D eigenvalue weighted by Gasteiger charge is 2.20. The smallest absolute Gasteiger partial charge is 0.158 e.